The maximum atomic E-state index is 10.3. The van der Waals surface area contributed by atoms with Crippen LogP contribution >= 0.6 is 11.6 Å². The summed E-state index contributed by atoms with van der Waals surface area (Å²) in [4.78, 5) is 10.3. The number of aldehydes is 1. The molecule has 15 heavy (non-hydrogen) atoms. The fraction of sp³-hybridized carbons (Fsp3) is 0.308. The molecule has 0 bridgehead atoms. The average molecular weight is 223 g/mol. The van der Waals surface area contributed by atoms with Crippen LogP contribution < -0.4 is 0 Å². The summed E-state index contributed by atoms with van der Waals surface area (Å²) in [5.74, 6) is 0.488. The van der Waals surface area contributed by atoms with Crippen LogP contribution in [0.5, 0.6) is 0 Å². The molecular weight excluding hydrogens is 208 g/mol. The molecule has 0 fully saturated rings. The second-order valence-electron chi connectivity index (χ2n) is 3.53. The second kappa shape index (κ2) is 6.41. The molecule has 0 heterocycles. The summed E-state index contributed by atoms with van der Waals surface area (Å²) >= 11 is 5.70. The normalized spacial score (nSPS) is 9.93. The number of carbonyl (C=O) groups excluding carboxylic acids is 1. The molecule has 1 aromatic carbocycles. The molecule has 0 atom stereocenters. The van der Waals surface area contributed by atoms with E-state index in [1.165, 1.54) is 11.1 Å². The Labute approximate surface area is 95.8 Å². The molecule has 1 aromatic rings. The highest BCUT2D eigenvalue weighted by Crippen LogP contribution is 2.15. The first-order valence-electron chi connectivity index (χ1n) is 5.01. The van der Waals surface area contributed by atoms with E-state index in [1.807, 2.05) is 12.1 Å². The Bertz CT molecular complexity index is 344. The van der Waals surface area contributed by atoms with E-state index in [0.29, 0.717) is 12.3 Å². The van der Waals surface area contributed by atoms with E-state index in [-0.39, 0.29) is 0 Å². The van der Waals surface area contributed by atoms with Crippen molar-refractivity contribution in [2.45, 2.75) is 19.3 Å². The van der Waals surface area contributed by atoms with Gasteiger partial charge in [0.2, 0.25) is 0 Å². The number of hydrogen-bond donors (Lipinski definition) is 0. The van der Waals surface area contributed by atoms with Crippen molar-refractivity contribution in [3.63, 3.8) is 0 Å². The van der Waals surface area contributed by atoms with E-state index < -0.39 is 0 Å². The van der Waals surface area contributed by atoms with Gasteiger partial charge in [-0.25, -0.2) is 0 Å². The molecule has 2 heteroatoms. The van der Waals surface area contributed by atoms with Crippen molar-refractivity contribution in [3.05, 3.63) is 47.5 Å². The lowest BCUT2D eigenvalue weighted by Crippen LogP contribution is -1.97. The van der Waals surface area contributed by atoms with Gasteiger partial charge >= 0.3 is 0 Å². The lowest BCUT2D eigenvalue weighted by Gasteiger charge is -2.08. The highest BCUT2D eigenvalue weighted by Gasteiger charge is 2.02. The lowest BCUT2D eigenvalue weighted by atomic mass is 9.98. The molecule has 0 aliphatic heterocycles. The minimum absolute atomic E-state index is 0.488. The molecule has 0 N–H and O–H groups in total. The third kappa shape index (κ3) is 3.88. The monoisotopic (exact) mass is 222 g/mol. The summed E-state index contributed by atoms with van der Waals surface area (Å²) in [5.41, 5.74) is 3.45. The Kier molecular flexibility index (Phi) is 5.13. The number of rotatable bonds is 6. The van der Waals surface area contributed by atoms with Crippen LogP contribution in [0.2, 0.25) is 0 Å². The first kappa shape index (κ1) is 12.0. The lowest BCUT2D eigenvalue weighted by molar-refractivity contribution is -0.107. The van der Waals surface area contributed by atoms with Crippen LogP contribution in [0.15, 0.2) is 36.4 Å². The quantitative estimate of drug-likeness (QED) is 0.411. The van der Waals surface area contributed by atoms with E-state index >= 15 is 0 Å². The van der Waals surface area contributed by atoms with Crippen LogP contribution in [0.1, 0.15) is 17.5 Å². The molecule has 0 aliphatic carbocycles. The number of hydrogen-bond acceptors (Lipinski definition) is 1. The van der Waals surface area contributed by atoms with Crippen LogP contribution in [0.3, 0.4) is 0 Å². The number of aryl methyl sites for hydroxylation is 1. The molecule has 1 nitrogen and oxygen atoms in total. The average Bonchev–Trinajstić information content (AvgIpc) is 2.28. The van der Waals surface area contributed by atoms with E-state index in [4.69, 9.17) is 11.6 Å². The predicted molar refractivity (Wildman–Crippen MR) is 64.4 cm³/mol. The van der Waals surface area contributed by atoms with Crippen molar-refractivity contribution in [1.82, 2.24) is 0 Å². The number of benzene rings is 1. The van der Waals surface area contributed by atoms with E-state index in [2.05, 4.69) is 18.7 Å². The van der Waals surface area contributed by atoms with E-state index in [9.17, 15) is 4.79 Å². The standard InChI is InChI=1S/C13H15ClO/c1-11(10-14)9-13-6-3-2-5-12(13)7-4-8-15/h2-3,5-6,8H,1,4,7,9-10H2. The fourth-order valence-corrected chi connectivity index (χ4v) is 1.60. The minimum Gasteiger partial charge on any atom is -0.303 e. The zero-order valence-corrected chi connectivity index (χ0v) is 9.46. The fourth-order valence-electron chi connectivity index (χ4n) is 1.50. The molecule has 0 unspecified atom stereocenters. The topological polar surface area (TPSA) is 17.1 Å². The summed E-state index contributed by atoms with van der Waals surface area (Å²) in [6.07, 6.45) is 3.13. The maximum Gasteiger partial charge on any atom is 0.120 e. The number of alkyl halides is 1. The Balaban J connectivity index is 2.76. The van der Waals surface area contributed by atoms with Crippen molar-refractivity contribution < 1.29 is 4.79 Å². The third-order valence-corrected chi connectivity index (χ3v) is 2.66. The predicted octanol–water partition coefficient (Wildman–Crippen LogP) is 3.16. The van der Waals surface area contributed by atoms with Gasteiger partial charge in [0.05, 0.1) is 0 Å². The van der Waals surface area contributed by atoms with Gasteiger partial charge in [-0.3, -0.25) is 0 Å². The molecular formula is C13H15ClO. The summed E-state index contributed by atoms with van der Waals surface area (Å²) < 4.78 is 0. The number of halogens is 1. The molecule has 0 aliphatic rings. The molecule has 80 valence electrons. The summed E-state index contributed by atoms with van der Waals surface area (Å²) in [5, 5.41) is 0. The van der Waals surface area contributed by atoms with Gasteiger partial charge < -0.3 is 4.79 Å². The molecule has 0 saturated heterocycles. The molecule has 0 radical (unpaired) electrons. The van der Waals surface area contributed by atoms with Crippen LogP contribution in [-0.4, -0.2) is 12.2 Å². The number of carbonyl (C=O) groups is 1. The van der Waals surface area contributed by atoms with Crippen LogP contribution in [-0.2, 0) is 17.6 Å². The largest absolute Gasteiger partial charge is 0.303 e. The smallest absolute Gasteiger partial charge is 0.120 e. The second-order valence-corrected chi connectivity index (χ2v) is 3.80. The van der Waals surface area contributed by atoms with Crippen molar-refractivity contribution >= 4 is 17.9 Å². The molecule has 0 saturated carbocycles. The zero-order chi connectivity index (χ0) is 11.1. The summed E-state index contributed by atoms with van der Waals surface area (Å²) in [6.45, 7) is 3.89. The van der Waals surface area contributed by atoms with Gasteiger partial charge in [-0.15, -0.1) is 11.6 Å². The first-order valence-corrected chi connectivity index (χ1v) is 5.54. The highest BCUT2D eigenvalue weighted by molar-refractivity contribution is 6.19. The Hall–Kier alpha value is -1.08. The molecule has 0 aromatic heterocycles. The highest BCUT2D eigenvalue weighted by atomic mass is 35.5. The molecule has 0 spiro atoms. The van der Waals surface area contributed by atoms with Gasteiger partial charge in [-0.1, -0.05) is 36.4 Å². The van der Waals surface area contributed by atoms with Gasteiger partial charge in [-0.2, -0.15) is 0 Å². The van der Waals surface area contributed by atoms with Crippen molar-refractivity contribution in [2.75, 3.05) is 5.88 Å². The van der Waals surface area contributed by atoms with Crippen LogP contribution in [0, 0.1) is 0 Å². The van der Waals surface area contributed by atoms with Gasteiger partial charge in [0, 0.05) is 12.3 Å². The van der Waals surface area contributed by atoms with Crippen molar-refractivity contribution in [3.8, 4) is 0 Å². The summed E-state index contributed by atoms with van der Waals surface area (Å²) in [6, 6.07) is 8.12. The van der Waals surface area contributed by atoms with Crippen LogP contribution in [0.4, 0.5) is 0 Å². The zero-order valence-electron chi connectivity index (χ0n) is 8.71. The molecule has 0 amide bonds. The minimum atomic E-state index is 0.488. The van der Waals surface area contributed by atoms with Crippen LogP contribution in [0.25, 0.3) is 0 Å². The van der Waals surface area contributed by atoms with Crippen molar-refractivity contribution in [2.24, 2.45) is 0 Å². The SMILES string of the molecule is C=C(CCl)Cc1ccccc1CCC=O. The van der Waals surface area contributed by atoms with E-state index in [1.54, 1.807) is 0 Å². The number of allylic oxidation sites excluding steroid dienone is 1. The first-order chi connectivity index (χ1) is 7.27. The van der Waals surface area contributed by atoms with Crippen molar-refractivity contribution in [1.29, 1.82) is 0 Å². The Morgan fingerprint density at radius 3 is 2.60 bits per heavy atom. The molecule has 1 rings (SSSR count). The van der Waals surface area contributed by atoms with Gasteiger partial charge in [0.15, 0.2) is 0 Å². The van der Waals surface area contributed by atoms with Gasteiger partial charge in [0.1, 0.15) is 6.29 Å². The maximum absolute atomic E-state index is 10.3. The Morgan fingerprint density at radius 2 is 2.00 bits per heavy atom. The third-order valence-electron chi connectivity index (χ3n) is 2.28. The summed E-state index contributed by atoms with van der Waals surface area (Å²) in [7, 11) is 0. The van der Waals surface area contributed by atoms with E-state index in [0.717, 1.165) is 24.7 Å². The Morgan fingerprint density at radius 1 is 1.33 bits per heavy atom. The van der Waals surface area contributed by atoms with Gasteiger partial charge in [-0.05, 0) is 24.0 Å². The van der Waals surface area contributed by atoms with Gasteiger partial charge in [0.25, 0.3) is 0 Å².